The normalized spacial score (nSPS) is 18.1. The molecule has 1 fully saturated rings. The Labute approximate surface area is 140 Å². The molecule has 0 spiro atoms. The minimum Gasteiger partial charge on any atom is -0.348 e. The highest BCUT2D eigenvalue weighted by Crippen LogP contribution is 2.15. The average molecular weight is 320 g/mol. The van der Waals surface area contributed by atoms with Crippen molar-refractivity contribution in [3.8, 4) is 0 Å². The summed E-state index contributed by atoms with van der Waals surface area (Å²) in [6.45, 7) is 2.83. The van der Waals surface area contributed by atoms with Gasteiger partial charge in [-0.2, -0.15) is 5.10 Å². The zero-order valence-corrected chi connectivity index (χ0v) is 13.4. The topological polar surface area (TPSA) is 49.6 Å². The Morgan fingerprint density at radius 1 is 1.17 bits per heavy atom. The molecule has 1 aliphatic heterocycles. The quantitative estimate of drug-likeness (QED) is 0.803. The van der Waals surface area contributed by atoms with E-state index >= 15 is 0 Å². The van der Waals surface area contributed by atoms with Crippen LogP contribution in [-0.2, 0) is 6.54 Å². The Morgan fingerprint density at radius 3 is 2.88 bits per heavy atom. The molecule has 1 aromatic carbocycles. The Kier molecular flexibility index (Phi) is 4.01. The second-order valence-electron chi connectivity index (χ2n) is 6.27. The molecule has 5 nitrogen and oxygen atoms in total. The summed E-state index contributed by atoms with van der Waals surface area (Å²) in [6, 6.07) is 16.4. The molecule has 0 saturated carbocycles. The van der Waals surface area contributed by atoms with Gasteiger partial charge in [0.05, 0.1) is 17.3 Å². The fraction of sp³-hybridized carbons (Fsp3) is 0.263. The molecule has 0 bridgehead atoms. The summed E-state index contributed by atoms with van der Waals surface area (Å²) in [6.07, 6.45) is 4.47. The van der Waals surface area contributed by atoms with Gasteiger partial charge < -0.3 is 5.32 Å². The predicted octanol–water partition coefficient (Wildman–Crippen LogP) is 2.34. The van der Waals surface area contributed by atoms with Crippen molar-refractivity contribution in [1.29, 1.82) is 0 Å². The van der Waals surface area contributed by atoms with Gasteiger partial charge in [0, 0.05) is 31.9 Å². The van der Waals surface area contributed by atoms with Crippen LogP contribution < -0.4 is 5.32 Å². The molecule has 0 unspecified atom stereocenters. The first-order valence-corrected chi connectivity index (χ1v) is 8.29. The molecule has 24 heavy (non-hydrogen) atoms. The molecule has 1 amide bonds. The third-order valence-electron chi connectivity index (χ3n) is 4.53. The monoisotopic (exact) mass is 320 g/mol. The number of nitrogens with zero attached hydrogens (tertiary/aromatic N) is 3. The molecule has 5 heteroatoms. The molecule has 2 aromatic heterocycles. The van der Waals surface area contributed by atoms with Gasteiger partial charge in [0.25, 0.3) is 5.91 Å². The molecule has 1 atom stereocenters. The second-order valence-corrected chi connectivity index (χ2v) is 6.27. The van der Waals surface area contributed by atoms with Gasteiger partial charge in [-0.3, -0.25) is 9.69 Å². The lowest BCUT2D eigenvalue weighted by molar-refractivity contribution is 0.0939. The minimum absolute atomic E-state index is 0.0391. The van der Waals surface area contributed by atoms with Crippen molar-refractivity contribution in [2.45, 2.75) is 19.0 Å². The molecular formula is C19H20N4O. The third kappa shape index (κ3) is 3.03. The molecule has 1 N–H and O–H groups in total. The lowest BCUT2D eigenvalue weighted by Crippen LogP contribution is -2.36. The highest BCUT2D eigenvalue weighted by molar-refractivity contribution is 6.00. The van der Waals surface area contributed by atoms with Gasteiger partial charge in [-0.15, -0.1) is 0 Å². The van der Waals surface area contributed by atoms with Gasteiger partial charge in [-0.25, -0.2) is 4.52 Å². The fourth-order valence-corrected chi connectivity index (χ4v) is 3.31. The zero-order chi connectivity index (χ0) is 16.4. The molecule has 0 radical (unpaired) electrons. The second kappa shape index (κ2) is 6.45. The number of hydrogen-bond acceptors (Lipinski definition) is 3. The smallest absolute Gasteiger partial charge is 0.255 e. The standard InChI is InChI=1S/C19H20N4O/c24-19(17-12-20-23-10-5-4-8-18(17)23)21-16-9-11-22(14-16)13-15-6-2-1-3-7-15/h1-8,10,12,16H,9,11,13-14H2,(H,21,24)/t16-/m0/s1. The number of nitrogens with one attached hydrogen (secondary N) is 1. The van der Waals surface area contributed by atoms with E-state index in [4.69, 9.17) is 0 Å². The van der Waals surface area contributed by atoms with Crippen LogP contribution in [0.4, 0.5) is 0 Å². The Hall–Kier alpha value is -2.66. The van der Waals surface area contributed by atoms with Crippen molar-refractivity contribution in [2.24, 2.45) is 0 Å². The van der Waals surface area contributed by atoms with Gasteiger partial charge in [0.1, 0.15) is 0 Å². The number of benzene rings is 1. The number of pyridine rings is 1. The van der Waals surface area contributed by atoms with E-state index in [0.29, 0.717) is 5.56 Å². The lowest BCUT2D eigenvalue weighted by atomic mass is 10.2. The first-order chi connectivity index (χ1) is 11.8. The van der Waals surface area contributed by atoms with Crippen molar-refractivity contribution in [3.63, 3.8) is 0 Å². The SMILES string of the molecule is O=C(N[C@H]1CCN(Cc2ccccc2)C1)c1cnn2ccccc12. The summed E-state index contributed by atoms with van der Waals surface area (Å²) in [4.78, 5) is 14.9. The van der Waals surface area contributed by atoms with Crippen molar-refractivity contribution in [2.75, 3.05) is 13.1 Å². The van der Waals surface area contributed by atoms with Crippen molar-refractivity contribution in [1.82, 2.24) is 19.8 Å². The molecular weight excluding hydrogens is 300 g/mol. The fourth-order valence-electron chi connectivity index (χ4n) is 3.31. The van der Waals surface area contributed by atoms with Crippen molar-refractivity contribution < 1.29 is 4.79 Å². The number of hydrogen-bond donors (Lipinski definition) is 1. The first-order valence-electron chi connectivity index (χ1n) is 8.29. The summed E-state index contributed by atoms with van der Waals surface area (Å²) < 4.78 is 1.73. The summed E-state index contributed by atoms with van der Waals surface area (Å²) in [5.74, 6) is -0.0391. The van der Waals surface area contributed by atoms with Crippen LogP contribution in [0.2, 0.25) is 0 Å². The maximum absolute atomic E-state index is 12.6. The van der Waals surface area contributed by atoms with E-state index in [1.165, 1.54) is 5.56 Å². The van der Waals surface area contributed by atoms with Gasteiger partial charge in [0.2, 0.25) is 0 Å². The van der Waals surface area contributed by atoms with Crippen LogP contribution >= 0.6 is 0 Å². The summed E-state index contributed by atoms with van der Waals surface area (Å²) in [5.41, 5.74) is 2.79. The van der Waals surface area contributed by atoms with Crippen LogP contribution in [0.5, 0.6) is 0 Å². The Morgan fingerprint density at radius 2 is 2.00 bits per heavy atom. The molecule has 3 heterocycles. The molecule has 1 saturated heterocycles. The van der Waals surface area contributed by atoms with Gasteiger partial charge in [-0.05, 0) is 24.1 Å². The van der Waals surface area contributed by atoms with Crippen LogP contribution in [0.1, 0.15) is 22.3 Å². The van der Waals surface area contributed by atoms with Crippen molar-refractivity contribution in [3.05, 3.63) is 72.1 Å². The van der Waals surface area contributed by atoms with E-state index in [2.05, 4.69) is 39.6 Å². The number of fused-ring (bicyclic) bond motifs is 1. The lowest BCUT2D eigenvalue weighted by Gasteiger charge is -2.16. The molecule has 122 valence electrons. The van der Waals surface area contributed by atoms with Gasteiger partial charge in [-0.1, -0.05) is 36.4 Å². The van der Waals surface area contributed by atoms with E-state index in [-0.39, 0.29) is 11.9 Å². The van der Waals surface area contributed by atoms with Crippen LogP contribution in [0.25, 0.3) is 5.52 Å². The van der Waals surface area contributed by atoms with E-state index < -0.39 is 0 Å². The number of amides is 1. The number of aromatic nitrogens is 2. The zero-order valence-electron chi connectivity index (χ0n) is 13.4. The number of rotatable bonds is 4. The highest BCUT2D eigenvalue weighted by atomic mass is 16.1. The third-order valence-corrected chi connectivity index (χ3v) is 4.53. The summed E-state index contributed by atoms with van der Waals surface area (Å²) >= 11 is 0. The Balaban J connectivity index is 1.38. The number of carbonyl (C=O) groups excluding carboxylic acids is 1. The van der Waals surface area contributed by atoms with Gasteiger partial charge >= 0.3 is 0 Å². The predicted molar refractivity (Wildman–Crippen MR) is 92.8 cm³/mol. The maximum atomic E-state index is 12.6. The van der Waals surface area contributed by atoms with E-state index in [1.807, 2.05) is 30.5 Å². The molecule has 0 aliphatic carbocycles. The largest absolute Gasteiger partial charge is 0.348 e. The van der Waals surface area contributed by atoms with E-state index in [1.54, 1.807) is 10.7 Å². The number of likely N-dealkylation sites (tertiary alicyclic amines) is 1. The average Bonchev–Trinajstić information content (AvgIpc) is 3.22. The van der Waals surface area contributed by atoms with Crippen molar-refractivity contribution >= 4 is 11.4 Å². The first kappa shape index (κ1) is 14.9. The van der Waals surface area contributed by atoms with Crippen LogP contribution in [0, 0.1) is 0 Å². The maximum Gasteiger partial charge on any atom is 0.255 e. The van der Waals surface area contributed by atoms with E-state index in [0.717, 1.165) is 31.6 Å². The van der Waals surface area contributed by atoms with Crippen LogP contribution in [0.15, 0.2) is 60.9 Å². The van der Waals surface area contributed by atoms with Gasteiger partial charge in [0.15, 0.2) is 0 Å². The van der Waals surface area contributed by atoms with E-state index in [9.17, 15) is 4.79 Å². The summed E-state index contributed by atoms with van der Waals surface area (Å²) in [7, 11) is 0. The minimum atomic E-state index is -0.0391. The molecule has 3 aromatic rings. The summed E-state index contributed by atoms with van der Waals surface area (Å²) in [5, 5.41) is 7.39. The highest BCUT2D eigenvalue weighted by Gasteiger charge is 2.25. The molecule has 4 rings (SSSR count). The number of carbonyl (C=O) groups is 1. The van der Waals surface area contributed by atoms with Crippen LogP contribution in [-0.4, -0.2) is 39.6 Å². The van der Waals surface area contributed by atoms with Crippen LogP contribution in [0.3, 0.4) is 0 Å². The molecule has 1 aliphatic rings. The Bertz CT molecular complexity index is 843.